The smallest absolute Gasteiger partial charge is 0.180 e. The Hall–Kier alpha value is -1.11. The topological polar surface area (TPSA) is 61.8 Å². The van der Waals surface area contributed by atoms with Crippen LogP contribution in [0.25, 0.3) is 0 Å². The summed E-state index contributed by atoms with van der Waals surface area (Å²) < 4.78 is 38.9. The standard InChI is InChI=1S/C12H18O5S/c1-10(15-2)17-8-9-18(13,14)12-6-4-11(16-3)5-7-12/h4-7,10H,8-9H2,1-3H3. The van der Waals surface area contributed by atoms with Gasteiger partial charge in [-0.25, -0.2) is 8.42 Å². The molecule has 1 atom stereocenters. The molecule has 0 saturated carbocycles. The Bertz CT molecular complexity index is 452. The van der Waals surface area contributed by atoms with Crippen LogP contribution in [-0.4, -0.2) is 41.3 Å². The molecule has 0 aromatic heterocycles. The summed E-state index contributed by atoms with van der Waals surface area (Å²) in [6.07, 6.45) is -0.406. The number of sulfone groups is 1. The Labute approximate surface area is 108 Å². The molecule has 0 aliphatic carbocycles. The van der Waals surface area contributed by atoms with Gasteiger partial charge in [0.15, 0.2) is 16.1 Å². The van der Waals surface area contributed by atoms with Gasteiger partial charge in [0.1, 0.15) is 5.75 Å². The van der Waals surface area contributed by atoms with Gasteiger partial charge in [0.05, 0.1) is 24.4 Å². The van der Waals surface area contributed by atoms with Crippen LogP contribution in [0.1, 0.15) is 6.92 Å². The number of hydrogen-bond acceptors (Lipinski definition) is 5. The summed E-state index contributed by atoms with van der Waals surface area (Å²) in [5.41, 5.74) is 0. The lowest BCUT2D eigenvalue weighted by Gasteiger charge is -2.11. The van der Waals surface area contributed by atoms with E-state index in [9.17, 15) is 8.42 Å². The van der Waals surface area contributed by atoms with Gasteiger partial charge in [0.2, 0.25) is 0 Å². The zero-order chi connectivity index (χ0) is 13.6. The lowest BCUT2D eigenvalue weighted by atomic mass is 10.3. The minimum atomic E-state index is -3.33. The fraction of sp³-hybridized carbons (Fsp3) is 0.500. The third-order valence-corrected chi connectivity index (χ3v) is 4.15. The van der Waals surface area contributed by atoms with Gasteiger partial charge < -0.3 is 14.2 Å². The first-order valence-corrected chi connectivity index (χ1v) is 7.16. The van der Waals surface area contributed by atoms with Crippen LogP contribution in [-0.2, 0) is 19.3 Å². The summed E-state index contributed by atoms with van der Waals surface area (Å²) in [5, 5.41) is 0. The van der Waals surface area contributed by atoms with E-state index in [2.05, 4.69) is 0 Å². The van der Waals surface area contributed by atoms with Gasteiger partial charge in [-0.1, -0.05) is 0 Å². The SMILES string of the molecule is COc1ccc(S(=O)(=O)CCOC(C)OC)cc1. The Morgan fingerprint density at radius 1 is 1.17 bits per heavy atom. The second-order valence-corrected chi connectivity index (χ2v) is 5.78. The molecule has 0 radical (unpaired) electrons. The fourth-order valence-electron chi connectivity index (χ4n) is 1.29. The lowest BCUT2D eigenvalue weighted by molar-refractivity contribution is -0.106. The van der Waals surface area contributed by atoms with Gasteiger partial charge >= 0.3 is 0 Å². The second kappa shape index (κ2) is 6.72. The highest BCUT2D eigenvalue weighted by Crippen LogP contribution is 2.16. The highest BCUT2D eigenvalue weighted by molar-refractivity contribution is 7.91. The average Bonchev–Trinajstić information content (AvgIpc) is 2.38. The van der Waals surface area contributed by atoms with Crippen molar-refractivity contribution in [2.45, 2.75) is 18.1 Å². The average molecular weight is 274 g/mol. The van der Waals surface area contributed by atoms with Crippen LogP contribution in [0.3, 0.4) is 0 Å². The van der Waals surface area contributed by atoms with Crippen molar-refractivity contribution in [1.82, 2.24) is 0 Å². The number of ether oxygens (including phenoxy) is 3. The van der Waals surface area contributed by atoms with Crippen LogP contribution < -0.4 is 4.74 Å². The van der Waals surface area contributed by atoms with Crippen molar-refractivity contribution < 1.29 is 22.6 Å². The third kappa shape index (κ3) is 4.29. The minimum absolute atomic E-state index is 0.0764. The molecule has 0 bridgehead atoms. The molecule has 0 aliphatic rings. The Morgan fingerprint density at radius 3 is 2.28 bits per heavy atom. The molecule has 1 aromatic rings. The maximum atomic E-state index is 11.9. The molecule has 0 saturated heterocycles. The van der Waals surface area contributed by atoms with E-state index in [0.717, 1.165) is 0 Å². The molecule has 1 aromatic carbocycles. The van der Waals surface area contributed by atoms with Crippen molar-refractivity contribution >= 4 is 9.84 Å². The monoisotopic (exact) mass is 274 g/mol. The summed E-state index contributed by atoms with van der Waals surface area (Å²) in [7, 11) is -0.291. The maximum Gasteiger partial charge on any atom is 0.180 e. The van der Waals surface area contributed by atoms with Crippen LogP contribution in [0, 0.1) is 0 Å². The Morgan fingerprint density at radius 2 is 1.78 bits per heavy atom. The summed E-state index contributed by atoms with van der Waals surface area (Å²) >= 11 is 0. The van der Waals surface area contributed by atoms with E-state index in [4.69, 9.17) is 14.2 Å². The van der Waals surface area contributed by atoms with Crippen LogP contribution in [0.15, 0.2) is 29.2 Å². The normalized spacial score (nSPS) is 13.3. The first kappa shape index (κ1) is 14.9. The number of methoxy groups -OCH3 is 2. The van der Waals surface area contributed by atoms with Crippen LogP contribution in [0.4, 0.5) is 0 Å². The molecule has 102 valence electrons. The van der Waals surface area contributed by atoms with Crippen LogP contribution in [0.5, 0.6) is 5.75 Å². The number of rotatable bonds is 7. The molecule has 5 nitrogen and oxygen atoms in total. The van der Waals surface area contributed by atoms with E-state index < -0.39 is 16.1 Å². The first-order valence-electron chi connectivity index (χ1n) is 5.51. The molecule has 18 heavy (non-hydrogen) atoms. The highest BCUT2D eigenvalue weighted by atomic mass is 32.2. The molecule has 0 fully saturated rings. The zero-order valence-electron chi connectivity index (χ0n) is 10.8. The third-order valence-electron chi connectivity index (χ3n) is 2.46. The van der Waals surface area contributed by atoms with Crippen molar-refractivity contribution in [3.05, 3.63) is 24.3 Å². The van der Waals surface area contributed by atoms with Crippen molar-refractivity contribution in [2.24, 2.45) is 0 Å². The molecule has 6 heteroatoms. The van der Waals surface area contributed by atoms with Gasteiger partial charge in [-0.15, -0.1) is 0 Å². The van der Waals surface area contributed by atoms with Crippen molar-refractivity contribution in [3.63, 3.8) is 0 Å². The molecular formula is C12H18O5S. The van der Waals surface area contributed by atoms with Gasteiger partial charge in [-0.05, 0) is 31.2 Å². The van der Waals surface area contributed by atoms with E-state index in [1.54, 1.807) is 19.1 Å². The zero-order valence-corrected chi connectivity index (χ0v) is 11.6. The van der Waals surface area contributed by atoms with Gasteiger partial charge in [-0.2, -0.15) is 0 Å². The number of benzene rings is 1. The summed E-state index contributed by atoms with van der Waals surface area (Å²) in [6, 6.07) is 6.28. The van der Waals surface area contributed by atoms with Crippen LogP contribution in [0.2, 0.25) is 0 Å². The van der Waals surface area contributed by atoms with Gasteiger partial charge in [0.25, 0.3) is 0 Å². The van der Waals surface area contributed by atoms with Crippen molar-refractivity contribution in [2.75, 3.05) is 26.6 Å². The largest absolute Gasteiger partial charge is 0.497 e. The van der Waals surface area contributed by atoms with E-state index >= 15 is 0 Å². The summed E-state index contributed by atoms with van der Waals surface area (Å²) in [6.45, 7) is 1.81. The van der Waals surface area contributed by atoms with E-state index in [-0.39, 0.29) is 17.3 Å². The highest BCUT2D eigenvalue weighted by Gasteiger charge is 2.14. The van der Waals surface area contributed by atoms with E-state index in [1.165, 1.54) is 26.4 Å². The molecule has 0 amide bonds. The summed E-state index contributed by atoms with van der Waals surface area (Å²) in [5.74, 6) is 0.547. The maximum absolute atomic E-state index is 11.9. The van der Waals surface area contributed by atoms with Gasteiger partial charge in [0, 0.05) is 7.11 Å². The Balaban J connectivity index is 2.62. The van der Waals surface area contributed by atoms with E-state index in [0.29, 0.717) is 5.75 Å². The fourth-order valence-corrected chi connectivity index (χ4v) is 2.39. The minimum Gasteiger partial charge on any atom is -0.497 e. The first-order chi connectivity index (χ1) is 8.49. The second-order valence-electron chi connectivity index (χ2n) is 3.67. The molecule has 1 rings (SSSR count). The van der Waals surface area contributed by atoms with Crippen molar-refractivity contribution in [3.8, 4) is 5.75 Å². The van der Waals surface area contributed by atoms with Crippen molar-refractivity contribution in [1.29, 1.82) is 0 Å². The molecule has 0 N–H and O–H groups in total. The molecule has 0 heterocycles. The molecule has 1 unspecified atom stereocenters. The van der Waals surface area contributed by atoms with Crippen LogP contribution >= 0.6 is 0 Å². The molecule has 0 aliphatic heterocycles. The summed E-state index contributed by atoms with van der Waals surface area (Å²) in [4.78, 5) is 0.261. The number of hydrogen-bond donors (Lipinski definition) is 0. The molecular weight excluding hydrogens is 256 g/mol. The predicted octanol–water partition coefficient (Wildman–Crippen LogP) is 1.48. The Kier molecular flexibility index (Phi) is 5.58. The molecule has 0 spiro atoms. The quantitative estimate of drug-likeness (QED) is 0.705. The van der Waals surface area contributed by atoms with Gasteiger partial charge in [-0.3, -0.25) is 0 Å². The lowest BCUT2D eigenvalue weighted by Crippen LogP contribution is -2.18. The predicted molar refractivity (Wildman–Crippen MR) is 67.5 cm³/mol. The van der Waals surface area contributed by atoms with E-state index in [1.807, 2.05) is 0 Å².